The molecular weight excluding hydrogens is 266 g/mol. The summed E-state index contributed by atoms with van der Waals surface area (Å²) in [7, 11) is 1.88. The second kappa shape index (κ2) is 5.13. The van der Waals surface area contributed by atoms with Crippen molar-refractivity contribution in [2.45, 2.75) is 46.0 Å². The summed E-state index contributed by atoms with van der Waals surface area (Å²) in [5.74, 6) is 1.79. The minimum absolute atomic E-state index is 0.0237. The zero-order valence-electron chi connectivity index (χ0n) is 10.7. The molecular formula is C12H20BrN3. The second-order valence-electron chi connectivity index (χ2n) is 4.90. The van der Waals surface area contributed by atoms with E-state index >= 15 is 0 Å². The summed E-state index contributed by atoms with van der Waals surface area (Å²) < 4.78 is 0.974. The molecule has 1 N–H and O–H groups in total. The van der Waals surface area contributed by atoms with E-state index in [1.165, 1.54) is 0 Å². The Bertz CT molecular complexity index is 369. The van der Waals surface area contributed by atoms with Crippen LogP contribution in [0.2, 0.25) is 0 Å². The number of aryl methyl sites for hydroxylation is 1. The van der Waals surface area contributed by atoms with Crippen LogP contribution in [0.1, 0.15) is 45.6 Å². The molecule has 0 aliphatic heterocycles. The molecule has 0 unspecified atom stereocenters. The van der Waals surface area contributed by atoms with Gasteiger partial charge in [0, 0.05) is 18.9 Å². The van der Waals surface area contributed by atoms with Gasteiger partial charge in [0.2, 0.25) is 0 Å². The number of anilines is 1. The molecule has 1 aromatic heterocycles. The van der Waals surface area contributed by atoms with Gasteiger partial charge in [-0.25, -0.2) is 9.97 Å². The van der Waals surface area contributed by atoms with E-state index in [0.29, 0.717) is 0 Å². The van der Waals surface area contributed by atoms with E-state index in [2.05, 4.69) is 58.9 Å². The van der Waals surface area contributed by atoms with E-state index in [-0.39, 0.29) is 5.41 Å². The van der Waals surface area contributed by atoms with Crippen molar-refractivity contribution in [1.82, 2.24) is 9.97 Å². The zero-order chi connectivity index (χ0) is 12.3. The zero-order valence-corrected chi connectivity index (χ0v) is 12.3. The van der Waals surface area contributed by atoms with Crippen molar-refractivity contribution in [3.05, 3.63) is 16.0 Å². The highest BCUT2D eigenvalue weighted by Gasteiger charge is 2.22. The fraction of sp³-hybridized carbons (Fsp3) is 0.667. The largest absolute Gasteiger partial charge is 0.372 e. The van der Waals surface area contributed by atoms with Crippen LogP contribution in [0.3, 0.4) is 0 Å². The number of hydrogen-bond donors (Lipinski definition) is 1. The number of nitrogens with zero attached hydrogens (tertiary/aromatic N) is 2. The quantitative estimate of drug-likeness (QED) is 0.923. The van der Waals surface area contributed by atoms with Gasteiger partial charge in [0.15, 0.2) is 0 Å². The van der Waals surface area contributed by atoms with E-state index in [9.17, 15) is 0 Å². The number of nitrogens with one attached hydrogen (secondary N) is 1. The van der Waals surface area contributed by atoms with Crippen LogP contribution in [-0.4, -0.2) is 17.0 Å². The fourth-order valence-electron chi connectivity index (χ4n) is 1.49. The van der Waals surface area contributed by atoms with Crippen molar-refractivity contribution in [2.75, 3.05) is 12.4 Å². The van der Waals surface area contributed by atoms with Crippen LogP contribution >= 0.6 is 15.9 Å². The average molecular weight is 286 g/mol. The molecule has 4 heteroatoms. The van der Waals surface area contributed by atoms with Crippen molar-refractivity contribution in [1.29, 1.82) is 0 Å². The Labute approximate surface area is 106 Å². The Morgan fingerprint density at radius 3 is 2.31 bits per heavy atom. The number of hydrogen-bond acceptors (Lipinski definition) is 3. The highest BCUT2D eigenvalue weighted by molar-refractivity contribution is 9.10. The van der Waals surface area contributed by atoms with Crippen LogP contribution in [0.15, 0.2) is 4.47 Å². The maximum absolute atomic E-state index is 4.64. The van der Waals surface area contributed by atoms with Gasteiger partial charge in [-0.15, -0.1) is 0 Å². The SMILES string of the molecule is CCCc1nc(NC)c(Br)c(C(C)(C)C)n1. The van der Waals surface area contributed by atoms with Gasteiger partial charge in [0.05, 0.1) is 10.2 Å². The summed E-state index contributed by atoms with van der Waals surface area (Å²) in [5.41, 5.74) is 1.09. The molecule has 0 bridgehead atoms. The molecule has 1 heterocycles. The Morgan fingerprint density at radius 1 is 1.25 bits per heavy atom. The minimum atomic E-state index is 0.0237. The summed E-state index contributed by atoms with van der Waals surface area (Å²) in [5, 5.41) is 3.11. The van der Waals surface area contributed by atoms with Crippen molar-refractivity contribution in [3.8, 4) is 0 Å². The van der Waals surface area contributed by atoms with Crippen molar-refractivity contribution >= 4 is 21.7 Å². The van der Waals surface area contributed by atoms with Crippen LogP contribution in [0.25, 0.3) is 0 Å². The summed E-state index contributed by atoms with van der Waals surface area (Å²) in [6.07, 6.45) is 1.99. The van der Waals surface area contributed by atoms with E-state index in [4.69, 9.17) is 0 Å². The van der Waals surface area contributed by atoms with Gasteiger partial charge in [-0.1, -0.05) is 27.7 Å². The lowest BCUT2D eigenvalue weighted by Gasteiger charge is -2.21. The van der Waals surface area contributed by atoms with E-state index < -0.39 is 0 Å². The van der Waals surface area contributed by atoms with Gasteiger partial charge in [-0.2, -0.15) is 0 Å². The lowest BCUT2D eigenvalue weighted by molar-refractivity contribution is 0.558. The van der Waals surface area contributed by atoms with Crippen LogP contribution in [0, 0.1) is 0 Å². The molecule has 3 nitrogen and oxygen atoms in total. The third-order valence-electron chi connectivity index (χ3n) is 2.32. The molecule has 0 aliphatic carbocycles. The summed E-state index contributed by atoms with van der Waals surface area (Å²) >= 11 is 3.57. The van der Waals surface area contributed by atoms with E-state index in [1.54, 1.807) is 0 Å². The molecule has 0 saturated heterocycles. The minimum Gasteiger partial charge on any atom is -0.372 e. The monoisotopic (exact) mass is 285 g/mol. The molecule has 0 radical (unpaired) electrons. The van der Waals surface area contributed by atoms with Crippen LogP contribution in [-0.2, 0) is 11.8 Å². The smallest absolute Gasteiger partial charge is 0.144 e. The van der Waals surface area contributed by atoms with Crippen LogP contribution in [0.5, 0.6) is 0 Å². The third kappa shape index (κ3) is 2.94. The first-order chi connectivity index (χ1) is 7.40. The van der Waals surface area contributed by atoms with Gasteiger partial charge < -0.3 is 5.32 Å². The molecule has 0 spiro atoms. The predicted octanol–water partition coefficient (Wildman–Crippen LogP) is 3.53. The van der Waals surface area contributed by atoms with Crippen molar-refractivity contribution in [2.24, 2.45) is 0 Å². The maximum Gasteiger partial charge on any atom is 0.144 e. The lowest BCUT2D eigenvalue weighted by atomic mass is 9.92. The Hall–Kier alpha value is -0.640. The van der Waals surface area contributed by atoms with Gasteiger partial charge in [-0.05, 0) is 22.4 Å². The highest BCUT2D eigenvalue weighted by atomic mass is 79.9. The first kappa shape index (κ1) is 13.4. The second-order valence-corrected chi connectivity index (χ2v) is 5.69. The first-order valence-corrected chi connectivity index (χ1v) is 6.44. The van der Waals surface area contributed by atoms with E-state index in [0.717, 1.165) is 34.7 Å². The molecule has 0 fully saturated rings. The third-order valence-corrected chi connectivity index (χ3v) is 3.07. The molecule has 90 valence electrons. The molecule has 0 aromatic carbocycles. The molecule has 16 heavy (non-hydrogen) atoms. The Kier molecular flexibility index (Phi) is 4.30. The van der Waals surface area contributed by atoms with Gasteiger partial charge in [0.1, 0.15) is 11.6 Å². The number of rotatable bonds is 3. The molecule has 1 aromatic rings. The number of aromatic nitrogens is 2. The normalized spacial score (nSPS) is 11.6. The van der Waals surface area contributed by atoms with Gasteiger partial charge >= 0.3 is 0 Å². The Balaban J connectivity index is 3.30. The van der Waals surface area contributed by atoms with Gasteiger partial charge in [-0.3, -0.25) is 0 Å². The Morgan fingerprint density at radius 2 is 1.88 bits per heavy atom. The van der Waals surface area contributed by atoms with E-state index in [1.807, 2.05) is 7.05 Å². The predicted molar refractivity (Wildman–Crippen MR) is 72.0 cm³/mol. The standard InChI is InChI=1S/C12H20BrN3/c1-6-7-8-15-10(12(2,3)4)9(13)11(14-5)16-8/h6-7H2,1-5H3,(H,14,15,16). The topological polar surface area (TPSA) is 37.8 Å². The summed E-state index contributed by atoms with van der Waals surface area (Å²) in [4.78, 5) is 9.13. The molecule has 0 aliphatic rings. The van der Waals surface area contributed by atoms with Crippen LogP contribution < -0.4 is 5.32 Å². The molecule has 0 atom stereocenters. The average Bonchev–Trinajstić information content (AvgIpc) is 2.19. The highest BCUT2D eigenvalue weighted by Crippen LogP contribution is 2.32. The number of halogens is 1. The first-order valence-electron chi connectivity index (χ1n) is 5.64. The van der Waals surface area contributed by atoms with Crippen molar-refractivity contribution in [3.63, 3.8) is 0 Å². The maximum atomic E-state index is 4.64. The van der Waals surface area contributed by atoms with Crippen LogP contribution in [0.4, 0.5) is 5.82 Å². The lowest BCUT2D eigenvalue weighted by Crippen LogP contribution is -2.18. The molecule has 0 amide bonds. The molecule has 1 rings (SSSR count). The molecule has 0 saturated carbocycles. The van der Waals surface area contributed by atoms with Crippen molar-refractivity contribution < 1.29 is 0 Å². The summed E-state index contributed by atoms with van der Waals surface area (Å²) in [6.45, 7) is 8.63. The summed E-state index contributed by atoms with van der Waals surface area (Å²) in [6, 6.07) is 0. The van der Waals surface area contributed by atoms with Gasteiger partial charge in [0.25, 0.3) is 0 Å². The fourth-order valence-corrected chi connectivity index (χ4v) is 2.46.